The highest BCUT2D eigenvalue weighted by Crippen LogP contribution is 2.39. The van der Waals surface area contributed by atoms with Crippen LogP contribution in [0.15, 0.2) is 0 Å². The molecule has 2 fully saturated rings. The van der Waals surface area contributed by atoms with Gasteiger partial charge in [-0.3, -0.25) is 0 Å². The second kappa shape index (κ2) is 3.61. The van der Waals surface area contributed by atoms with Gasteiger partial charge >= 0.3 is 0 Å². The number of nitrogens with one attached hydrogen (secondary N) is 1. The van der Waals surface area contributed by atoms with Crippen LogP contribution in [0.2, 0.25) is 0 Å². The van der Waals surface area contributed by atoms with Crippen molar-refractivity contribution >= 4 is 0 Å². The smallest absolute Gasteiger partial charge is 0.0118 e. The summed E-state index contributed by atoms with van der Waals surface area (Å²) in [6.07, 6.45) is 4.40. The molecule has 3 unspecified atom stereocenters. The molecule has 2 aliphatic carbocycles. The van der Waals surface area contributed by atoms with E-state index in [4.69, 9.17) is 0 Å². The molecule has 2 rings (SSSR count). The fourth-order valence-corrected chi connectivity index (χ4v) is 2.37. The Kier molecular flexibility index (Phi) is 2.64. The zero-order chi connectivity index (χ0) is 9.42. The molecular formula is C12H23N. The van der Waals surface area contributed by atoms with Crippen molar-refractivity contribution in [2.45, 2.75) is 46.1 Å². The zero-order valence-corrected chi connectivity index (χ0v) is 9.22. The summed E-state index contributed by atoms with van der Waals surface area (Å²) in [6, 6.07) is 0.813. The van der Waals surface area contributed by atoms with Crippen molar-refractivity contribution in [3.05, 3.63) is 0 Å². The molecule has 1 nitrogen and oxygen atoms in total. The highest BCUT2D eigenvalue weighted by molar-refractivity contribution is 4.91. The third kappa shape index (κ3) is 2.46. The van der Waals surface area contributed by atoms with Crippen molar-refractivity contribution in [1.82, 2.24) is 5.32 Å². The minimum Gasteiger partial charge on any atom is -0.313 e. The van der Waals surface area contributed by atoms with Gasteiger partial charge in [0, 0.05) is 6.04 Å². The average molecular weight is 181 g/mol. The second-order valence-corrected chi connectivity index (χ2v) is 5.49. The van der Waals surface area contributed by atoms with Gasteiger partial charge in [-0.15, -0.1) is 0 Å². The van der Waals surface area contributed by atoms with Crippen LogP contribution in [-0.4, -0.2) is 12.6 Å². The highest BCUT2D eigenvalue weighted by atomic mass is 14.9. The molecule has 2 aliphatic rings. The molecule has 0 radical (unpaired) electrons. The molecule has 0 aromatic heterocycles. The SMILES string of the molecule is CC(C)C(NCC1CC1C)C1CC1. The number of rotatable bonds is 5. The van der Waals surface area contributed by atoms with Crippen LogP contribution < -0.4 is 5.32 Å². The number of hydrogen-bond acceptors (Lipinski definition) is 1. The predicted molar refractivity (Wildman–Crippen MR) is 56.6 cm³/mol. The Morgan fingerprint density at radius 1 is 1.31 bits per heavy atom. The van der Waals surface area contributed by atoms with Crippen LogP contribution in [0.25, 0.3) is 0 Å². The molecule has 0 aromatic rings. The molecular weight excluding hydrogens is 158 g/mol. The van der Waals surface area contributed by atoms with Gasteiger partial charge in [0.25, 0.3) is 0 Å². The summed E-state index contributed by atoms with van der Waals surface area (Å²) in [7, 11) is 0. The first-order valence-corrected chi connectivity index (χ1v) is 5.92. The summed E-state index contributed by atoms with van der Waals surface area (Å²) >= 11 is 0. The monoisotopic (exact) mass is 181 g/mol. The lowest BCUT2D eigenvalue weighted by Crippen LogP contribution is -2.37. The van der Waals surface area contributed by atoms with Gasteiger partial charge in [-0.05, 0) is 49.5 Å². The van der Waals surface area contributed by atoms with Crippen LogP contribution in [0, 0.1) is 23.7 Å². The molecule has 0 heterocycles. The Hall–Kier alpha value is -0.0400. The second-order valence-electron chi connectivity index (χ2n) is 5.49. The average Bonchev–Trinajstić information content (AvgIpc) is 2.89. The van der Waals surface area contributed by atoms with Crippen molar-refractivity contribution in [2.75, 3.05) is 6.54 Å². The summed E-state index contributed by atoms with van der Waals surface area (Å²) < 4.78 is 0. The molecule has 0 aliphatic heterocycles. The van der Waals surface area contributed by atoms with Crippen molar-refractivity contribution < 1.29 is 0 Å². The summed E-state index contributed by atoms with van der Waals surface area (Å²) in [5.74, 6) is 3.83. The summed E-state index contributed by atoms with van der Waals surface area (Å²) in [5.41, 5.74) is 0. The minimum atomic E-state index is 0.813. The molecule has 76 valence electrons. The quantitative estimate of drug-likeness (QED) is 0.687. The van der Waals surface area contributed by atoms with Gasteiger partial charge in [-0.2, -0.15) is 0 Å². The summed E-state index contributed by atoms with van der Waals surface area (Å²) in [5, 5.41) is 3.77. The van der Waals surface area contributed by atoms with Crippen LogP contribution in [0.4, 0.5) is 0 Å². The summed E-state index contributed by atoms with van der Waals surface area (Å²) in [4.78, 5) is 0. The van der Waals surface area contributed by atoms with E-state index in [1.807, 2.05) is 0 Å². The van der Waals surface area contributed by atoms with E-state index in [-0.39, 0.29) is 0 Å². The van der Waals surface area contributed by atoms with Crippen LogP contribution in [0.1, 0.15) is 40.0 Å². The van der Waals surface area contributed by atoms with Gasteiger partial charge in [0.05, 0.1) is 0 Å². The first-order valence-electron chi connectivity index (χ1n) is 5.92. The first-order chi connectivity index (χ1) is 6.18. The van der Waals surface area contributed by atoms with Gasteiger partial charge in [-0.25, -0.2) is 0 Å². The topological polar surface area (TPSA) is 12.0 Å². The van der Waals surface area contributed by atoms with Gasteiger partial charge < -0.3 is 5.32 Å². The van der Waals surface area contributed by atoms with Gasteiger partial charge in [0.1, 0.15) is 0 Å². The van der Waals surface area contributed by atoms with E-state index in [0.717, 1.165) is 29.7 Å². The Balaban J connectivity index is 1.70. The van der Waals surface area contributed by atoms with E-state index in [9.17, 15) is 0 Å². The van der Waals surface area contributed by atoms with Crippen molar-refractivity contribution in [1.29, 1.82) is 0 Å². The van der Waals surface area contributed by atoms with Crippen LogP contribution in [0.5, 0.6) is 0 Å². The molecule has 0 aromatic carbocycles. The molecule has 0 spiro atoms. The Morgan fingerprint density at radius 3 is 2.31 bits per heavy atom. The van der Waals surface area contributed by atoms with E-state index in [2.05, 4.69) is 26.1 Å². The lowest BCUT2D eigenvalue weighted by atomic mass is 9.99. The lowest BCUT2D eigenvalue weighted by Gasteiger charge is -2.22. The fourth-order valence-electron chi connectivity index (χ4n) is 2.37. The maximum atomic E-state index is 3.77. The standard InChI is InChI=1S/C12H23N/c1-8(2)12(10-4-5-10)13-7-11-6-9(11)3/h8-13H,4-7H2,1-3H3. The van der Waals surface area contributed by atoms with E-state index < -0.39 is 0 Å². The third-order valence-corrected chi connectivity index (χ3v) is 3.74. The van der Waals surface area contributed by atoms with Crippen LogP contribution in [0.3, 0.4) is 0 Å². The number of hydrogen-bond donors (Lipinski definition) is 1. The molecule has 1 N–H and O–H groups in total. The zero-order valence-electron chi connectivity index (χ0n) is 9.22. The third-order valence-electron chi connectivity index (χ3n) is 3.74. The largest absolute Gasteiger partial charge is 0.313 e. The molecule has 0 bridgehead atoms. The normalized spacial score (nSPS) is 35.1. The van der Waals surface area contributed by atoms with Gasteiger partial charge in [0.15, 0.2) is 0 Å². The van der Waals surface area contributed by atoms with E-state index in [1.165, 1.54) is 25.8 Å². The Bertz CT molecular complexity index is 170. The predicted octanol–water partition coefficient (Wildman–Crippen LogP) is 2.67. The molecule has 0 saturated heterocycles. The molecule has 0 amide bonds. The first kappa shape index (κ1) is 9.51. The lowest BCUT2D eigenvalue weighted by molar-refractivity contribution is 0.353. The molecule has 13 heavy (non-hydrogen) atoms. The van der Waals surface area contributed by atoms with Crippen LogP contribution >= 0.6 is 0 Å². The van der Waals surface area contributed by atoms with Gasteiger partial charge in [0.2, 0.25) is 0 Å². The molecule has 2 saturated carbocycles. The Labute approximate surface area is 82.3 Å². The Morgan fingerprint density at radius 2 is 1.92 bits per heavy atom. The molecule has 1 heteroatoms. The maximum absolute atomic E-state index is 3.77. The van der Waals surface area contributed by atoms with E-state index in [1.54, 1.807) is 0 Å². The van der Waals surface area contributed by atoms with E-state index in [0.29, 0.717) is 0 Å². The van der Waals surface area contributed by atoms with Crippen molar-refractivity contribution in [3.8, 4) is 0 Å². The minimum absolute atomic E-state index is 0.813. The van der Waals surface area contributed by atoms with Crippen molar-refractivity contribution in [3.63, 3.8) is 0 Å². The molecule has 3 atom stereocenters. The van der Waals surface area contributed by atoms with E-state index >= 15 is 0 Å². The summed E-state index contributed by atoms with van der Waals surface area (Å²) in [6.45, 7) is 8.35. The maximum Gasteiger partial charge on any atom is 0.0118 e. The van der Waals surface area contributed by atoms with Crippen molar-refractivity contribution in [2.24, 2.45) is 23.7 Å². The highest BCUT2D eigenvalue weighted by Gasteiger charge is 2.36. The van der Waals surface area contributed by atoms with Gasteiger partial charge in [-0.1, -0.05) is 20.8 Å². The van der Waals surface area contributed by atoms with Crippen LogP contribution in [-0.2, 0) is 0 Å². The fraction of sp³-hybridized carbons (Fsp3) is 1.00.